The van der Waals surface area contributed by atoms with E-state index in [2.05, 4.69) is 11.2 Å². The second-order valence-corrected chi connectivity index (χ2v) is 3.95. The van der Waals surface area contributed by atoms with Crippen molar-refractivity contribution in [3.8, 4) is 0 Å². The Kier molecular flexibility index (Phi) is 3.01. The number of nitrogens with zero attached hydrogens (tertiary/aromatic N) is 1. The molecular weight excluding hydrogens is 162 g/mol. The van der Waals surface area contributed by atoms with Gasteiger partial charge in [0.25, 0.3) is 0 Å². The summed E-state index contributed by atoms with van der Waals surface area (Å²) < 4.78 is 0. The van der Waals surface area contributed by atoms with Gasteiger partial charge in [0.1, 0.15) is 5.76 Å². The van der Waals surface area contributed by atoms with Crippen LogP contribution in [0.1, 0.15) is 44.9 Å². The first-order valence-electron chi connectivity index (χ1n) is 5.35. The highest BCUT2D eigenvalue weighted by Crippen LogP contribution is 2.24. The number of hydrogen-bond donors (Lipinski definition) is 0. The number of rotatable bonds is 3. The summed E-state index contributed by atoms with van der Waals surface area (Å²) in [6, 6.07) is 0. The Labute approximate surface area is 79.7 Å². The molecule has 0 aliphatic heterocycles. The molecule has 1 fully saturated rings. The second kappa shape index (κ2) is 4.45. The van der Waals surface area contributed by atoms with Crippen LogP contribution in [0.15, 0.2) is 17.0 Å². The Hall–Kier alpha value is -0.790. The van der Waals surface area contributed by atoms with Gasteiger partial charge in [0, 0.05) is 12.6 Å². The molecule has 0 bridgehead atoms. The van der Waals surface area contributed by atoms with E-state index in [1.165, 1.54) is 32.1 Å². The molecule has 72 valence electrons. The SMILES string of the molecule is C(=NOC1=CCCCC1)C1CCC1. The van der Waals surface area contributed by atoms with Gasteiger partial charge >= 0.3 is 0 Å². The van der Waals surface area contributed by atoms with Gasteiger partial charge < -0.3 is 4.84 Å². The Morgan fingerprint density at radius 1 is 1.31 bits per heavy atom. The van der Waals surface area contributed by atoms with Crippen LogP contribution in [-0.4, -0.2) is 6.21 Å². The summed E-state index contributed by atoms with van der Waals surface area (Å²) in [6.45, 7) is 0. The zero-order chi connectivity index (χ0) is 8.93. The lowest BCUT2D eigenvalue weighted by molar-refractivity contribution is 0.206. The quantitative estimate of drug-likeness (QED) is 0.481. The van der Waals surface area contributed by atoms with Crippen molar-refractivity contribution in [2.24, 2.45) is 11.1 Å². The van der Waals surface area contributed by atoms with E-state index in [9.17, 15) is 0 Å². The molecule has 2 nitrogen and oxygen atoms in total. The van der Waals surface area contributed by atoms with Crippen LogP contribution in [0, 0.1) is 5.92 Å². The van der Waals surface area contributed by atoms with Gasteiger partial charge in [-0.3, -0.25) is 0 Å². The van der Waals surface area contributed by atoms with Crippen molar-refractivity contribution in [1.29, 1.82) is 0 Å². The van der Waals surface area contributed by atoms with Crippen molar-refractivity contribution < 1.29 is 4.84 Å². The molecule has 0 amide bonds. The lowest BCUT2D eigenvalue weighted by Gasteiger charge is -2.20. The van der Waals surface area contributed by atoms with Crippen LogP contribution in [0.4, 0.5) is 0 Å². The fourth-order valence-corrected chi connectivity index (χ4v) is 1.66. The average Bonchev–Trinajstić information content (AvgIpc) is 2.11. The van der Waals surface area contributed by atoms with E-state index in [0.717, 1.165) is 18.6 Å². The monoisotopic (exact) mass is 179 g/mol. The van der Waals surface area contributed by atoms with Crippen molar-refractivity contribution in [1.82, 2.24) is 0 Å². The molecule has 0 unspecified atom stereocenters. The maximum Gasteiger partial charge on any atom is 0.131 e. The molecule has 0 atom stereocenters. The van der Waals surface area contributed by atoms with E-state index in [4.69, 9.17) is 4.84 Å². The minimum Gasteiger partial charge on any atom is -0.362 e. The topological polar surface area (TPSA) is 21.6 Å². The van der Waals surface area contributed by atoms with Crippen LogP contribution in [-0.2, 0) is 4.84 Å². The Morgan fingerprint density at radius 3 is 2.85 bits per heavy atom. The van der Waals surface area contributed by atoms with E-state index < -0.39 is 0 Å². The Morgan fingerprint density at radius 2 is 2.23 bits per heavy atom. The standard InChI is InChI=1S/C11H17NO/c1-2-7-11(8-3-1)13-12-9-10-5-4-6-10/h7,9-10H,1-6,8H2. The molecule has 0 N–H and O–H groups in total. The normalized spacial score (nSPS) is 24.2. The van der Waals surface area contributed by atoms with Crippen molar-refractivity contribution in [3.05, 3.63) is 11.8 Å². The summed E-state index contributed by atoms with van der Waals surface area (Å²) in [4.78, 5) is 5.32. The molecule has 0 heterocycles. The van der Waals surface area contributed by atoms with E-state index in [1.807, 2.05) is 6.21 Å². The van der Waals surface area contributed by atoms with Gasteiger partial charge in [0.15, 0.2) is 0 Å². The van der Waals surface area contributed by atoms with Crippen molar-refractivity contribution in [2.45, 2.75) is 44.9 Å². The predicted molar refractivity (Wildman–Crippen MR) is 53.5 cm³/mol. The van der Waals surface area contributed by atoms with Crippen LogP contribution in [0.25, 0.3) is 0 Å². The Bertz CT molecular complexity index is 216. The summed E-state index contributed by atoms with van der Waals surface area (Å²) in [7, 11) is 0. The minimum atomic E-state index is 0.698. The molecule has 0 aromatic heterocycles. The molecular formula is C11H17NO. The molecule has 2 rings (SSSR count). The highest BCUT2D eigenvalue weighted by Gasteiger charge is 2.14. The van der Waals surface area contributed by atoms with Gasteiger partial charge in [-0.1, -0.05) is 11.6 Å². The van der Waals surface area contributed by atoms with Crippen molar-refractivity contribution in [2.75, 3.05) is 0 Å². The van der Waals surface area contributed by atoms with Gasteiger partial charge in [-0.15, -0.1) is 0 Å². The highest BCUT2D eigenvalue weighted by molar-refractivity contribution is 5.60. The van der Waals surface area contributed by atoms with Gasteiger partial charge in [0.2, 0.25) is 0 Å². The molecule has 1 saturated carbocycles. The highest BCUT2D eigenvalue weighted by atomic mass is 16.6. The first-order chi connectivity index (χ1) is 6.45. The summed E-state index contributed by atoms with van der Waals surface area (Å²) in [5, 5.41) is 4.02. The molecule has 13 heavy (non-hydrogen) atoms. The largest absolute Gasteiger partial charge is 0.362 e. The first kappa shape index (κ1) is 8.79. The molecule has 2 heteroatoms. The fraction of sp³-hybridized carbons (Fsp3) is 0.727. The van der Waals surface area contributed by atoms with E-state index in [1.54, 1.807) is 0 Å². The van der Waals surface area contributed by atoms with Gasteiger partial charge in [-0.2, -0.15) is 0 Å². The summed E-state index contributed by atoms with van der Waals surface area (Å²) in [6.07, 6.45) is 12.9. The van der Waals surface area contributed by atoms with Crippen LogP contribution in [0.3, 0.4) is 0 Å². The Balaban J connectivity index is 1.71. The fourth-order valence-electron chi connectivity index (χ4n) is 1.66. The minimum absolute atomic E-state index is 0.698. The third-order valence-electron chi connectivity index (χ3n) is 2.84. The lowest BCUT2D eigenvalue weighted by Crippen LogP contribution is -2.12. The maximum absolute atomic E-state index is 5.32. The summed E-state index contributed by atoms with van der Waals surface area (Å²) >= 11 is 0. The van der Waals surface area contributed by atoms with Crippen molar-refractivity contribution in [3.63, 3.8) is 0 Å². The average molecular weight is 179 g/mol. The van der Waals surface area contributed by atoms with Crippen LogP contribution < -0.4 is 0 Å². The van der Waals surface area contributed by atoms with Crippen LogP contribution in [0.5, 0.6) is 0 Å². The maximum atomic E-state index is 5.32. The van der Waals surface area contributed by atoms with Gasteiger partial charge in [-0.25, -0.2) is 0 Å². The molecule has 0 aromatic rings. The molecule has 0 saturated heterocycles. The lowest BCUT2D eigenvalue weighted by atomic mass is 9.87. The number of hydrogen-bond acceptors (Lipinski definition) is 2. The molecule has 0 radical (unpaired) electrons. The summed E-state index contributed by atoms with van der Waals surface area (Å²) in [5.74, 6) is 1.77. The molecule has 2 aliphatic carbocycles. The number of oxime groups is 1. The van der Waals surface area contributed by atoms with E-state index in [0.29, 0.717) is 5.92 Å². The third-order valence-corrected chi connectivity index (χ3v) is 2.84. The second-order valence-electron chi connectivity index (χ2n) is 3.95. The van der Waals surface area contributed by atoms with E-state index >= 15 is 0 Å². The zero-order valence-electron chi connectivity index (χ0n) is 8.04. The van der Waals surface area contributed by atoms with Crippen molar-refractivity contribution >= 4 is 6.21 Å². The smallest absolute Gasteiger partial charge is 0.131 e. The number of allylic oxidation sites excluding steroid dienone is 2. The zero-order valence-corrected chi connectivity index (χ0v) is 8.04. The van der Waals surface area contributed by atoms with Gasteiger partial charge in [-0.05, 0) is 44.1 Å². The summed E-state index contributed by atoms with van der Waals surface area (Å²) in [5.41, 5.74) is 0. The van der Waals surface area contributed by atoms with E-state index in [-0.39, 0.29) is 0 Å². The van der Waals surface area contributed by atoms with Crippen LogP contribution in [0.2, 0.25) is 0 Å². The predicted octanol–water partition coefficient (Wildman–Crippen LogP) is 3.25. The van der Waals surface area contributed by atoms with Gasteiger partial charge in [0.05, 0.1) is 0 Å². The molecule has 2 aliphatic rings. The molecule has 0 spiro atoms. The third kappa shape index (κ3) is 2.58. The molecule has 0 aromatic carbocycles. The van der Waals surface area contributed by atoms with Crippen LogP contribution >= 0.6 is 0 Å². The first-order valence-corrected chi connectivity index (χ1v) is 5.35.